The van der Waals surface area contributed by atoms with Crippen LogP contribution in [0.25, 0.3) is 0 Å². The molecule has 0 aromatic heterocycles. The number of nitrogens with two attached hydrogens (primary N) is 1. The number of benzene rings is 1. The van der Waals surface area contributed by atoms with Crippen molar-refractivity contribution in [1.82, 2.24) is 9.80 Å². The topological polar surface area (TPSA) is 66.6 Å². The molecule has 3 rings (SSSR count). The van der Waals surface area contributed by atoms with Crippen molar-refractivity contribution in [3.05, 3.63) is 35.4 Å². The lowest BCUT2D eigenvalue weighted by Gasteiger charge is -2.40. The van der Waals surface area contributed by atoms with Crippen molar-refractivity contribution in [2.75, 3.05) is 19.6 Å². The molecule has 2 atom stereocenters. The van der Waals surface area contributed by atoms with Crippen LogP contribution in [0.5, 0.6) is 0 Å². The van der Waals surface area contributed by atoms with Gasteiger partial charge in [0.15, 0.2) is 0 Å². The van der Waals surface area contributed by atoms with Crippen molar-refractivity contribution in [3.8, 4) is 0 Å². The Bertz CT molecular complexity index is 618. The summed E-state index contributed by atoms with van der Waals surface area (Å²) in [7, 11) is 0. The van der Waals surface area contributed by atoms with E-state index in [1.54, 1.807) is 4.90 Å². The first-order valence-corrected chi connectivity index (χ1v) is 8.88. The summed E-state index contributed by atoms with van der Waals surface area (Å²) in [5, 5.41) is 0. The molecular formula is C19H27N3O2. The number of aryl methyl sites for hydroxylation is 1. The minimum absolute atomic E-state index is 0.0789. The lowest BCUT2D eigenvalue weighted by Crippen LogP contribution is -2.57. The maximum Gasteiger partial charge on any atom is 0.245 e. The molecule has 130 valence electrons. The van der Waals surface area contributed by atoms with Gasteiger partial charge >= 0.3 is 0 Å². The van der Waals surface area contributed by atoms with Crippen molar-refractivity contribution in [1.29, 1.82) is 0 Å². The van der Waals surface area contributed by atoms with Crippen molar-refractivity contribution >= 4 is 12.3 Å². The van der Waals surface area contributed by atoms with Crippen LogP contribution >= 0.6 is 0 Å². The Morgan fingerprint density at radius 3 is 2.92 bits per heavy atom. The number of hydrogen-bond acceptors (Lipinski definition) is 3. The molecule has 2 aliphatic heterocycles. The first-order valence-electron chi connectivity index (χ1n) is 8.88. The standard InChI is InChI=1S/C19H27N3O2/c1-15-5-2-6-16(11-15)12-19(13-20)8-4-10-22(19)18(24)17-7-3-9-21(17)14-23/h2,5-6,11,14,17H,3-4,7-10,12-13,20H2,1H3. The predicted molar refractivity (Wildman–Crippen MR) is 93.4 cm³/mol. The molecule has 2 fully saturated rings. The van der Waals surface area contributed by atoms with E-state index in [9.17, 15) is 9.59 Å². The van der Waals surface area contributed by atoms with Crippen LogP contribution in [-0.2, 0) is 16.0 Å². The number of nitrogens with zero attached hydrogens (tertiary/aromatic N) is 2. The lowest BCUT2D eigenvalue weighted by molar-refractivity contribution is -0.142. The third kappa shape index (κ3) is 3.05. The third-order valence-electron chi connectivity index (χ3n) is 5.57. The van der Waals surface area contributed by atoms with Crippen molar-refractivity contribution in [2.45, 2.75) is 50.6 Å². The summed E-state index contributed by atoms with van der Waals surface area (Å²) >= 11 is 0. The molecule has 2 N–H and O–H groups in total. The Hall–Kier alpha value is -1.88. The average molecular weight is 329 g/mol. The van der Waals surface area contributed by atoms with Gasteiger partial charge in [-0.25, -0.2) is 0 Å². The van der Waals surface area contributed by atoms with Crippen LogP contribution in [0.1, 0.15) is 36.8 Å². The van der Waals surface area contributed by atoms with Crippen LogP contribution in [-0.4, -0.2) is 53.3 Å². The van der Waals surface area contributed by atoms with Crippen LogP contribution in [0.2, 0.25) is 0 Å². The van der Waals surface area contributed by atoms with E-state index in [0.717, 1.165) is 45.1 Å². The van der Waals surface area contributed by atoms with Crippen LogP contribution in [0.15, 0.2) is 24.3 Å². The fraction of sp³-hybridized carbons (Fsp3) is 0.579. The summed E-state index contributed by atoms with van der Waals surface area (Å²) < 4.78 is 0. The molecule has 1 aromatic carbocycles. The quantitative estimate of drug-likeness (QED) is 0.832. The summed E-state index contributed by atoms with van der Waals surface area (Å²) in [5.41, 5.74) is 8.30. The largest absolute Gasteiger partial charge is 0.334 e. The normalized spacial score (nSPS) is 26.8. The third-order valence-corrected chi connectivity index (χ3v) is 5.57. The minimum Gasteiger partial charge on any atom is -0.334 e. The van der Waals surface area contributed by atoms with Crippen LogP contribution in [0, 0.1) is 6.92 Å². The van der Waals surface area contributed by atoms with Crippen LogP contribution < -0.4 is 5.73 Å². The van der Waals surface area contributed by atoms with Gasteiger partial charge in [0.05, 0.1) is 5.54 Å². The number of likely N-dealkylation sites (tertiary alicyclic amines) is 2. The number of rotatable bonds is 5. The van der Waals surface area contributed by atoms with Crippen molar-refractivity contribution in [2.24, 2.45) is 5.73 Å². The fourth-order valence-corrected chi connectivity index (χ4v) is 4.31. The van der Waals surface area contributed by atoms with Gasteiger partial charge in [-0.15, -0.1) is 0 Å². The van der Waals surface area contributed by atoms with E-state index in [4.69, 9.17) is 5.73 Å². The van der Waals surface area contributed by atoms with Crippen molar-refractivity contribution < 1.29 is 9.59 Å². The second kappa shape index (κ2) is 6.93. The van der Waals surface area contributed by atoms with E-state index >= 15 is 0 Å². The Balaban J connectivity index is 1.83. The van der Waals surface area contributed by atoms with Crippen molar-refractivity contribution in [3.63, 3.8) is 0 Å². The molecule has 1 aromatic rings. The molecule has 0 saturated carbocycles. The molecule has 5 nitrogen and oxygen atoms in total. The second-order valence-corrected chi connectivity index (χ2v) is 7.19. The molecular weight excluding hydrogens is 302 g/mol. The summed E-state index contributed by atoms with van der Waals surface area (Å²) in [6.07, 6.45) is 5.16. The highest BCUT2D eigenvalue weighted by Crippen LogP contribution is 2.34. The van der Waals surface area contributed by atoms with E-state index in [1.165, 1.54) is 11.1 Å². The second-order valence-electron chi connectivity index (χ2n) is 7.19. The van der Waals surface area contributed by atoms with Gasteiger partial charge in [-0.1, -0.05) is 29.8 Å². The zero-order valence-electron chi connectivity index (χ0n) is 14.4. The molecule has 2 amide bonds. The molecule has 0 aliphatic carbocycles. The maximum atomic E-state index is 13.1. The molecule has 24 heavy (non-hydrogen) atoms. The maximum absolute atomic E-state index is 13.1. The van der Waals surface area contributed by atoms with Gasteiger partial charge in [-0.3, -0.25) is 9.59 Å². The summed E-state index contributed by atoms with van der Waals surface area (Å²) in [5.74, 6) is 0.0789. The van der Waals surface area contributed by atoms with E-state index < -0.39 is 0 Å². The van der Waals surface area contributed by atoms with Gasteiger partial charge in [0, 0.05) is 19.6 Å². The molecule has 0 radical (unpaired) electrons. The van der Waals surface area contributed by atoms with E-state index in [0.29, 0.717) is 13.1 Å². The van der Waals surface area contributed by atoms with Gasteiger partial charge in [0.1, 0.15) is 6.04 Å². The first kappa shape index (κ1) is 17.0. The van der Waals surface area contributed by atoms with Gasteiger partial charge in [0.2, 0.25) is 12.3 Å². The highest BCUT2D eigenvalue weighted by atomic mass is 16.2. The lowest BCUT2D eigenvalue weighted by atomic mass is 9.87. The number of carbonyl (C=O) groups excluding carboxylic acids is 2. The minimum atomic E-state index is -0.317. The highest BCUT2D eigenvalue weighted by molar-refractivity contribution is 5.85. The fourth-order valence-electron chi connectivity index (χ4n) is 4.31. The number of amides is 2. The Morgan fingerprint density at radius 1 is 1.38 bits per heavy atom. The summed E-state index contributed by atoms with van der Waals surface area (Å²) in [6, 6.07) is 8.12. The Labute approximate surface area is 143 Å². The van der Waals surface area contributed by atoms with Gasteiger partial charge in [-0.2, -0.15) is 0 Å². The molecule has 2 aliphatic rings. The van der Waals surface area contributed by atoms with Gasteiger partial charge in [-0.05, 0) is 44.6 Å². The molecule has 2 saturated heterocycles. The zero-order chi connectivity index (χ0) is 17.2. The Kier molecular flexibility index (Phi) is 4.90. The molecule has 0 spiro atoms. The van der Waals surface area contributed by atoms with E-state index in [1.807, 2.05) is 4.90 Å². The van der Waals surface area contributed by atoms with Gasteiger partial charge in [0.25, 0.3) is 0 Å². The number of carbonyl (C=O) groups is 2. The molecule has 2 unspecified atom stereocenters. The van der Waals surface area contributed by atoms with Gasteiger partial charge < -0.3 is 15.5 Å². The van der Waals surface area contributed by atoms with Crippen LogP contribution in [0.3, 0.4) is 0 Å². The molecule has 0 bridgehead atoms. The average Bonchev–Trinajstić information content (AvgIpc) is 3.21. The highest BCUT2D eigenvalue weighted by Gasteiger charge is 2.46. The van der Waals surface area contributed by atoms with Crippen LogP contribution in [0.4, 0.5) is 0 Å². The Morgan fingerprint density at radius 2 is 2.21 bits per heavy atom. The molecule has 5 heteroatoms. The number of hydrogen-bond donors (Lipinski definition) is 1. The zero-order valence-corrected chi connectivity index (χ0v) is 14.4. The SMILES string of the molecule is Cc1cccc(CC2(CN)CCCN2C(=O)C2CCCN2C=O)c1. The first-order chi connectivity index (χ1) is 11.6. The monoisotopic (exact) mass is 329 g/mol. The summed E-state index contributed by atoms with van der Waals surface area (Å²) in [4.78, 5) is 28.0. The predicted octanol–water partition coefficient (Wildman–Crippen LogP) is 1.48. The summed E-state index contributed by atoms with van der Waals surface area (Å²) in [6.45, 7) is 3.96. The van der Waals surface area contributed by atoms with E-state index in [-0.39, 0.29) is 17.5 Å². The van der Waals surface area contributed by atoms with E-state index in [2.05, 4.69) is 31.2 Å². The smallest absolute Gasteiger partial charge is 0.245 e. The molecule has 2 heterocycles.